The van der Waals surface area contributed by atoms with Crippen molar-refractivity contribution < 1.29 is 13.2 Å². The first-order chi connectivity index (χ1) is 8.47. The van der Waals surface area contributed by atoms with Gasteiger partial charge in [0.1, 0.15) is 0 Å². The molecule has 0 aliphatic heterocycles. The lowest BCUT2D eigenvalue weighted by molar-refractivity contribution is 0.102. The van der Waals surface area contributed by atoms with Crippen LogP contribution in [0, 0.1) is 0 Å². The average Bonchev–Trinajstić information content (AvgIpc) is 2.81. The molecule has 0 aliphatic carbocycles. The smallest absolute Gasteiger partial charge is 0.257 e. The molecule has 1 aromatic carbocycles. The van der Waals surface area contributed by atoms with Crippen molar-refractivity contribution in [2.45, 2.75) is 4.90 Å². The third kappa shape index (κ3) is 2.75. The Kier molecular flexibility index (Phi) is 3.15. The van der Waals surface area contributed by atoms with Crippen molar-refractivity contribution in [3.8, 4) is 0 Å². The fourth-order valence-corrected chi connectivity index (χ4v) is 2.00. The maximum absolute atomic E-state index is 11.8. The Bertz CT molecular complexity index is 645. The van der Waals surface area contributed by atoms with Crippen LogP contribution in [-0.2, 0) is 9.84 Å². The van der Waals surface area contributed by atoms with Crippen molar-refractivity contribution in [1.29, 1.82) is 0 Å². The third-order valence-electron chi connectivity index (χ3n) is 2.27. The van der Waals surface area contributed by atoms with Crippen molar-refractivity contribution in [1.82, 2.24) is 9.97 Å². The lowest BCUT2D eigenvalue weighted by atomic mass is 10.2. The fraction of sp³-hybridized carbons (Fsp3) is 0.0909. The maximum Gasteiger partial charge on any atom is 0.257 e. The second-order valence-electron chi connectivity index (χ2n) is 3.69. The Morgan fingerprint density at radius 3 is 2.44 bits per heavy atom. The molecule has 0 bridgehead atoms. The SMILES string of the molecule is CS(=O)(=O)c1ccc(C(=O)Nc2ncc[nH]2)cc1. The van der Waals surface area contributed by atoms with Gasteiger partial charge in [-0.3, -0.25) is 10.1 Å². The average molecular weight is 265 g/mol. The van der Waals surface area contributed by atoms with Gasteiger partial charge in [0.05, 0.1) is 4.90 Å². The Balaban J connectivity index is 2.17. The predicted molar refractivity (Wildman–Crippen MR) is 66.1 cm³/mol. The van der Waals surface area contributed by atoms with E-state index in [1.54, 1.807) is 6.20 Å². The molecule has 2 rings (SSSR count). The number of benzene rings is 1. The number of hydrogen-bond acceptors (Lipinski definition) is 4. The Morgan fingerprint density at radius 1 is 1.28 bits per heavy atom. The van der Waals surface area contributed by atoms with E-state index in [2.05, 4.69) is 15.3 Å². The summed E-state index contributed by atoms with van der Waals surface area (Å²) in [4.78, 5) is 18.5. The summed E-state index contributed by atoms with van der Waals surface area (Å²) in [5.41, 5.74) is 0.360. The number of amides is 1. The summed E-state index contributed by atoms with van der Waals surface area (Å²) in [7, 11) is -3.25. The molecule has 0 radical (unpaired) electrons. The molecule has 1 aromatic heterocycles. The van der Waals surface area contributed by atoms with Crippen molar-refractivity contribution in [2.24, 2.45) is 0 Å². The molecule has 0 saturated heterocycles. The summed E-state index contributed by atoms with van der Waals surface area (Å²) in [6, 6.07) is 5.70. The van der Waals surface area contributed by atoms with Crippen LogP contribution in [0.2, 0.25) is 0 Å². The molecule has 1 heterocycles. The van der Waals surface area contributed by atoms with Gasteiger partial charge in [-0.25, -0.2) is 13.4 Å². The van der Waals surface area contributed by atoms with Crippen LogP contribution in [0.1, 0.15) is 10.4 Å². The van der Waals surface area contributed by atoms with Crippen LogP contribution in [-0.4, -0.2) is 30.5 Å². The number of sulfone groups is 1. The first-order valence-corrected chi connectivity index (χ1v) is 6.97. The molecular formula is C11H11N3O3S. The lowest BCUT2D eigenvalue weighted by Gasteiger charge is -2.03. The second kappa shape index (κ2) is 4.61. The number of nitrogens with one attached hydrogen (secondary N) is 2. The Morgan fingerprint density at radius 2 is 1.94 bits per heavy atom. The summed E-state index contributed by atoms with van der Waals surface area (Å²) in [5.74, 6) is -0.0165. The van der Waals surface area contributed by atoms with E-state index in [4.69, 9.17) is 0 Å². The number of rotatable bonds is 3. The van der Waals surface area contributed by atoms with Gasteiger partial charge in [-0.05, 0) is 24.3 Å². The molecule has 0 fully saturated rings. The minimum absolute atomic E-state index is 0.178. The highest BCUT2D eigenvalue weighted by Crippen LogP contribution is 2.11. The molecule has 0 aliphatic rings. The summed E-state index contributed by atoms with van der Waals surface area (Å²) in [6.07, 6.45) is 4.22. The standard InChI is InChI=1S/C11H11N3O3S/c1-18(16,17)9-4-2-8(3-5-9)10(15)14-11-12-6-7-13-11/h2-7H,1H3,(H2,12,13,14,15). The molecule has 0 spiro atoms. The zero-order valence-electron chi connectivity index (χ0n) is 9.54. The van der Waals surface area contributed by atoms with Crippen LogP contribution < -0.4 is 5.32 Å². The van der Waals surface area contributed by atoms with Crippen LogP contribution >= 0.6 is 0 Å². The van der Waals surface area contributed by atoms with Crippen molar-refractivity contribution in [3.05, 3.63) is 42.2 Å². The molecule has 2 aromatic rings. The van der Waals surface area contributed by atoms with Crippen LogP contribution in [0.5, 0.6) is 0 Å². The Labute approximate surface area is 104 Å². The molecule has 6 nitrogen and oxygen atoms in total. The topological polar surface area (TPSA) is 91.9 Å². The molecule has 1 amide bonds. The summed E-state index contributed by atoms with van der Waals surface area (Å²) in [5, 5.41) is 2.54. The van der Waals surface area contributed by atoms with Crippen molar-refractivity contribution in [3.63, 3.8) is 0 Å². The number of anilines is 1. The second-order valence-corrected chi connectivity index (χ2v) is 5.70. The van der Waals surface area contributed by atoms with Crippen molar-refractivity contribution in [2.75, 3.05) is 11.6 Å². The number of imidazole rings is 1. The van der Waals surface area contributed by atoms with Gasteiger partial charge >= 0.3 is 0 Å². The van der Waals surface area contributed by atoms with E-state index in [-0.39, 0.29) is 10.8 Å². The zero-order valence-corrected chi connectivity index (χ0v) is 10.4. The van der Waals surface area contributed by atoms with Crippen LogP contribution in [0.15, 0.2) is 41.6 Å². The van der Waals surface area contributed by atoms with Gasteiger partial charge in [0.2, 0.25) is 5.95 Å². The van der Waals surface area contributed by atoms with Crippen LogP contribution in [0.25, 0.3) is 0 Å². The number of carbonyl (C=O) groups is 1. The fourth-order valence-electron chi connectivity index (χ4n) is 1.37. The molecule has 0 saturated carbocycles. The highest BCUT2D eigenvalue weighted by Gasteiger charge is 2.10. The van der Waals surface area contributed by atoms with Gasteiger partial charge in [0.25, 0.3) is 5.91 Å². The summed E-state index contributed by atoms with van der Waals surface area (Å²) < 4.78 is 22.5. The first-order valence-electron chi connectivity index (χ1n) is 5.08. The summed E-state index contributed by atoms with van der Waals surface area (Å²) in [6.45, 7) is 0. The van der Waals surface area contributed by atoms with Crippen LogP contribution in [0.3, 0.4) is 0 Å². The molecule has 0 unspecified atom stereocenters. The maximum atomic E-state index is 11.8. The third-order valence-corrected chi connectivity index (χ3v) is 3.40. The minimum Gasteiger partial charge on any atom is -0.331 e. The number of carbonyl (C=O) groups excluding carboxylic acids is 1. The number of aromatic nitrogens is 2. The van der Waals surface area contributed by atoms with Gasteiger partial charge in [0.15, 0.2) is 9.84 Å². The van der Waals surface area contributed by atoms with E-state index < -0.39 is 9.84 Å². The van der Waals surface area contributed by atoms with E-state index in [9.17, 15) is 13.2 Å². The van der Waals surface area contributed by atoms with E-state index in [0.717, 1.165) is 6.26 Å². The number of nitrogens with zero attached hydrogens (tertiary/aromatic N) is 1. The molecule has 7 heteroatoms. The zero-order chi connectivity index (χ0) is 13.2. The van der Waals surface area contributed by atoms with Gasteiger partial charge in [-0.1, -0.05) is 0 Å². The highest BCUT2D eigenvalue weighted by atomic mass is 32.2. The van der Waals surface area contributed by atoms with Gasteiger partial charge in [-0.2, -0.15) is 0 Å². The molecular weight excluding hydrogens is 254 g/mol. The molecule has 2 N–H and O–H groups in total. The van der Waals surface area contributed by atoms with E-state index in [0.29, 0.717) is 11.5 Å². The van der Waals surface area contributed by atoms with E-state index in [1.165, 1.54) is 30.5 Å². The van der Waals surface area contributed by atoms with Gasteiger partial charge < -0.3 is 4.98 Å². The molecule has 0 atom stereocenters. The quantitative estimate of drug-likeness (QED) is 0.868. The van der Waals surface area contributed by atoms with Crippen LogP contribution in [0.4, 0.5) is 5.95 Å². The molecule has 18 heavy (non-hydrogen) atoms. The largest absolute Gasteiger partial charge is 0.331 e. The first kappa shape index (κ1) is 12.3. The van der Waals surface area contributed by atoms with Crippen molar-refractivity contribution >= 4 is 21.7 Å². The van der Waals surface area contributed by atoms with E-state index >= 15 is 0 Å². The number of H-pyrrole nitrogens is 1. The highest BCUT2D eigenvalue weighted by molar-refractivity contribution is 7.90. The summed E-state index contributed by atoms with van der Waals surface area (Å²) >= 11 is 0. The minimum atomic E-state index is -3.25. The van der Waals surface area contributed by atoms with Gasteiger partial charge in [-0.15, -0.1) is 0 Å². The Hall–Kier alpha value is -2.15. The normalized spacial score (nSPS) is 11.2. The number of aromatic amines is 1. The lowest BCUT2D eigenvalue weighted by Crippen LogP contribution is -2.13. The van der Waals surface area contributed by atoms with Gasteiger partial charge in [0, 0.05) is 24.2 Å². The monoisotopic (exact) mass is 265 g/mol. The molecule has 94 valence electrons. The van der Waals surface area contributed by atoms with E-state index in [1.807, 2.05) is 0 Å². The number of hydrogen-bond donors (Lipinski definition) is 2. The predicted octanol–water partition coefficient (Wildman–Crippen LogP) is 1.07.